The molecule has 0 saturated carbocycles. The van der Waals surface area contributed by atoms with Crippen molar-refractivity contribution in [1.29, 1.82) is 0 Å². The first kappa shape index (κ1) is 14.7. The lowest BCUT2D eigenvalue weighted by molar-refractivity contribution is 0.551. The molecule has 0 amide bonds. The highest BCUT2D eigenvalue weighted by Gasteiger charge is 2.20. The zero-order valence-corrected chi connectivity index (χ0v) is 13.2. The molecule has 1 aliphatic heterocycles. The van der Waals surface area contributed by atoms with Crippen LogP contribution in [0.25, 0.3) is 0 Å². The first-order valence-corrected chi connectivity index (χ1v) is 8.47. The second-order valence-corrected chi connectivity index (χ2v) is 6.92. The van der Waals surface area contributed by atoms with Crippen LogP contribution in [-0.4, -0.2) is 30.6 Å². The minimum Gasteiger partial charge on any atom is -0.367 e. The van der Waals surface area contributed by atoms with Gasteiger partial charge in [0.2, 0.25) is 0 Å². The van der Waals surface area contributed by atoms with Gasteiger partial charge in [0.05, 0.1) is 0 Å². The summed E-state index contributed by atoms with van der Waals surface area (Å²) in [5.74, 6) is 3.20. The Morgan fingerprint density at radius 3 is 2.89 bits per heavy atom. The molecule has 1 aromatic rings. The lowest BCUT2D eigenvalue weighted by Crippen LogP contribution is -2.41. The fourth-order valence-electron chi connectivity index (χ4n) is 2.52. The molecule has 2 nitrogen and oxygen atoms in total. The number of thioether (sulfide) groups is 1. The number of hydrogen-bond donors (Lipinski definition) is 1. The number of nitrogens with one attached hydrogen (secondary N) is 1. The van der Waals surface area contributed by atoms with E-state index in [0.717, 1.165) is 13.1 Å². The summed E-state index contributed by atoms with van der Waals surface area (Å²) < 4.78 is 0. The third-order valence-electron chi connectivity index (χ3n) is 3.54. The Kier molecular flexibility index (Phi) is 5.59. The van der Waals surface area contributed by atoms with Crippen molar-refractivity contribution < 1.29 is 0 Å². The van der Waals surface area contributed by atoms with E-state index >= 15 is 0 Å². The smallest absolute Gasteiger partial charge is 0.0414 e. The molecule has 106 valence electrons. The molecule has 1 heterocycles. The molecule has 0 bridgehead atoms. The van der Waals surface area contributed by atoms with Crippen molar-refractivity contribution in [2.75, 3.05) is 29.5 Å². The standard InChI is InChI=1S/C16H26N2S/c1-13(2)10-17-11-15-6-4-5-7-16(15)18-8-9-19-12-14(18)3/h4-7,13-14,17H,8-12H2,1-3H3. The van der Waals surface area contributed by atoms with Gasteiger partial charge < -0.3 is 10.2 Å². The van der Waals surface area contributed by atoms with Crippen molar-refractivity contribution in [3.63, 3.8) is 0 Å². The minimum absolute atomic E-state index is 0.644. The average molecular weight is 278 g/mol. The molecule has 0 aromatic heterocycles. The van der Waals surface area contributed by atoms with Gasteiger partial charge in [-0.3, -0.25) is 0 Å². The van der Waals surface area contributed by atoms with Gasteiger partial charge in [0, 0.05) is 36.3 Å². The van der Waals surface area contributed by atoms with E-state index < -0.39 is 0 Å². The van der Waals surface area contributed by atoms with Gasteiger partial charge in [-0.25, -0.2) is 0 Å². The van der Waals surface area contributed by atoms with Crippen LogP contribution in [0, 0.1) is 5.92 Å². The summed E-state index contributed by atoms with van der Waals surface area (Å²) in [6, 6.07) is 9.50. The van der Waals surface area contributed by atoms with Gasteiger partial charge in [-0.1, -0.05) is 32.0 Å². The molecular weight excluding hydrogens is 252 g/mol. The Morgan fingerprint density at radius 2 is 2.16 bits per heavy atom. The molecular formula is C16H26N2S. The summed E-state index contributed by atoms with van der Waals surface area (Å²) in [6.45, 7) is 10.1. The Labute approximate surface area is 122 Å². The minimum atomic E-state index is 0.644. The molecule has 19 heavy (non-hydrogen) atoms. The maximum Gasteiger partial charge on any atom is 0.0414 e. The normalized spacial score (nSPS) is 20.0. The predicted molar refractivity (Wildman–Crippen MR) is 87.1 cm³/mol. The van der Waals surface area contributed by atoms with Gasteiger partial charge in [-0.15, -0.1) is 0 Å². The molecule has 1 unspecified atom stereocenters. The summed E-state index contributed by atoms with van der Waals surface area (Å²) >= 11 is 2.07. The molecule has 0 spiro atoms. The van der Waals surface area contributed by atoms with Crippen molar-refractivity contribution in [1.82, 2.24) is 5.32 Å². The van der Waals surface area contributed by atoms with Crippen LogP contribution in [-0.2, 0) is 6.54 Å². The number of benzene rings is 1. The Balaban J connectivity index is 2.06. The zero-order chi connectivity index (χ0) is 13.7. The molecule has 0 aliphatic carbocycles. The summed E-state index contributed by atoms with van der Waals surface area (Å²) in [7, 11) is 0. The van der Waals surface area contributed by atoms with Gasteiger partial charge in [0.25, 0.3) is 0 Å². The van der Waals surface area contributed by atoms with Gasteiger partial charge in [-0.2, -0.15) is 11.8 Å². The Bertz CT molecular complexity index is 392. The van der Waals surface area contributed by atoms with Crippen LogP contribution in [0.4, 0.5) is 5.69 Å². The highest BCUT2D eigenvalue weighted by molar-refractivity contribution is 7.99. The van der Waals surface area contributed by atoms with Crippen LogP contribution in [0.3, 0.4) is 0 Å². The van der Waals surface area contributed by atoms with Crippen molar-refractivity contribution in [3.8, 4) is 0 Å². The van der Waals surface area contributed by atoms with E-state index in [9.17, 15) is 0 Å². The molecule has 1 aromatic carbocycles. The fourth-order valence-corrected chi connectivity index (χ4v) is 3.53. The first-order chi connectivity index (χ1) is 9.18. The fraction of sp³-hybridized carbons (Fsp3) is 0.625. The maximum atomic E-state index is 3.56. The predicted octanol–water partition coefficient (Wildman–Crippen LogP) is 3.37. The Hall–Kier alpha value is -0.670. The molecule has 1 fully saturated rings. The van der Waals surface area contributed by atoms with Crippen molar-refractivity contribution in [2.45, 2.75) is 33.4 Å². The quantitative estimate of drug-likeness (QED) is 0.889. The summed E-state index contributed by atoms with van der Waals surface area (Å²) in [5, 5.41) is 3.56. The first-order valence-electron chi connectivity index (χ1n) is 7.31. The summed E-state index contributed by atoms with van der Waals surface area (Å²) in [4.78, 5) is 2.57. The highest BCUT2D eigenvalue weighted by Crippen LogP contribution is 2.27. The number of hydrogen-bond acceptors (Lipinski definition) is 3. The molecule has 1 saturated heterocycles. The van der Waals surface area contributed by atoms with E-state index in [2.05, 4.69) is 67.0 Å². The summed E-state index contributed by atoms with van der Waals surface area (Å²) in [5.41, 5.74) is 2.86. The van der Waals surface area contributed by atoms with Gasteiger partial charge in [0.15, 0.2) is 0 Å². The zero-order valence-electron chi connectivity index (χ0n) is 12.4. The lowest BCUT2D eigenvalue weighted by Gasteiger charge is -2.36. The van der Waals surface area contributed by atoms with Crippen LogP contribution >= 0.6 is 11.8 Å². The molecule has 3 heteroatoms. The maximum absolute atomic E-state index is 3.56. The number of nitrogens with zero attached hydrogens (tertiary/aromatic N) is 1. The third kappa shape index (κ3) is 4.15. The van der Waals surface area contributed by atoms with E-state index in [0.29, 0.717) is 12.0 Å². The molecule has 0 radical (unpaired) electrons. The van der Waals surface area contributed by atoms with Crippen LogP contribution in [0.15, 0.2) is 24.3 Å². The van der Waals surface area contributed by atoms with Crippen LogP contribution in [0.5, 0.6) is 0 Å². The summed E-state index contributed by atoms with van der Waals surface area (Å²) in [6.07, 6.45) is 0. The number of anilines is 1. The van der Waals surface area contributed by atoms with Crippen LogP contribution in [0.1, 0.15) is 26.3 Å². The number of rotatable bonds is 5. The largest absolute Gasteiger partial charge is 0.367 e. The molecule has 1 aliphatic rings. The van der Waals surface area contributed by atoms with E-state index in [1.165, 1.54) is 29.3 Å². The van der Waals surface area contributed by atoms with Crippen LogP contribution < -0.4 is 10.2 Å². The van der Waals surface area contributed by atoms with E-state index in [-0.39, 0.29) is 0 Å². The molecule has 1 N–H and O–H groups in total. The van der Waals surface area contributed by atoms with Crippen molar-refractivity contribution in [2.24, 2.45) is 5.92 Å². The van der Waals surface area contributed by atoms with Crippen molar-refractivity contribution in [3.05, 3.63) is 29.8 Å². The monoisotopic (exact) mass is 278 g/mol. The third-order valence-corrected chi connectivity index (χ3v) is 4.73. The van der Waals surface area contributed by atoms with Gasteiger partial charge in [0.1, 0.15) is 0 Å². The van der Waals surface area contributed by atoms with E-state index in [1.807, 2.05) is 0 Å². The number of para-hydroxylation sites is 1. The van der Waals surface area contributed by atoms with E-state index in [4.69, 9.17) is 0 Å². The van der Waals surface area contributed by atoms with Gasteiger partial charge in [-0.05, 0) is 31.0 Å². The molecule has 1 atom stereocenters. The lowest BCUT2D eigenvalue weighted by atomic mass is 10.1. The molecule has 2 rings (SSSR count). The second kappa shape index (κ2) is 7.20. The van der Waals surface area contributed by atoms with Gasteiger partial charge >= 0.3 is 0 Å². The average Bonchev–Trinajstić information content (AvgIpc) is 2.40. The topological polar surface area (TPSA) is 15.3 Å². The SMILES string of the molecule is CC(C)CNCc1ccccc1N1CCSCC1C. The second-order valence-electron chi connectivity index (χ2n) is 5.77. The van der Waals surface area contributed by atoms with Crippen molar-refractivity contribution >= 4 is 17.4 Å². The Morgan fingerprint density at radius 1 is 1.37 bits per heavy atom. The van der Waals surface area contributed by atoms with E-state index in [1.54, 1.807) is 0 Å². The van der Waals surface area contributed by atoms with Crippen LogP contribution in [0.2, 0.25) is 0 Å². The highest BCUT2D eigenvalue weighted by atomic mass is 32.2.